The average Bonchev–Trinajstić information content (AvgIpc) is 3.16. The Balaban J connectivity index is 4.55. The van der Waals surface area contributed by atoms with Crippen molar-refractivity contribution in [1.29, 1.82) is 0 Å². The fraction of sp³-hybridized carbons (Fsp3) is 0.767. The lowest BCUT2D eigenvalue weighted by Gasteiger charge is -2.20. The zero-order chi connectivity index (χ0) is 41.7. The van der Waals surface area contributed by atoms with E-state index in [1.54, 1.807) is 18.2 Å². The van der Waals surface area contributed by atoms with Crippen LogP contribution in [-0.2, 0) is 32.7 Å². The average molecular weight is 817 g/mol. The molecular formula is C43H77O12P. The molecule has 56 heavy (non-hydrogen) atoms. The lowest BCUT2D eigenvalue weighted by molar-refractivity contribution is -0.161. The van der Waals surface area contributed by atoms with Gasteiger partial charge in [0.15, 0.2) is 6.10 Å². The molecule has 0 bridgehead atoms. The second-order valence-corrected chi connectivity index (χ2v) is 16.4. The van der Waals surface area contributed by atoms with E-state index in [4.69, 9.17) is 19.1 Å². The molecule has 13 heteroatoms. The highest BCUT2D eigenvalue weighted by Gasteiger charge is 2.27. The van der Waals surface area contributed by atoms with Gasteiger partial charge in [-0.05, 0) is 38.0 Å². The lowest BCUT2D eigenvalue weighted by Crippen LogP contribution is -2.30. The van der Waals surface area contributed by atoms with Crippen molar-refractivity contribution in [2.75, 3.05) is 26.4 Å². The third-order valence-corrected chi connectivity index (χ3v) is 9.82. The zero-order valence-electron chi connectivity index (χ0n) is 34.7. The maximum Gasteiger partial charge on any atom is 0.472 e. The summed E-state index contributed by atoms with van der Waals surface area (Å²) >= 11 is 0. The molecule has 0 rings (SSSR count). The van der Waals surface area contributed by atoms with Gasteiger partial charge in [-0.1, -0.05) is 159 Å². The standard InChI is InChI=1S/C43H77O12P/c1-4-5-20-27-38(45)28-22-17-13-11-14-18-23-29-39(46)30-25-32-42(48)52-35-41(36-54-56(50,51)53-34-40(47)33-44)55-43(49)31-24-19-15-10-8-6-7-9-12-16-21-26-37(2)3/h13-14,17-18,22-23,28-29,37-41,44-47H,4-12,15-16,19-21,24-27,30-36H2,1-3H3,(H,50,51)/b17-13-,18-14-,28-22+,29-23+/t38-,39-,40-,41+/m0/s1. The minimum atomic E-state index is -4.67. The third kappa shape index (κ3) is 37.4. The van der Waals surface area contributed by atoms with Crippen LogP contribution < -0.4 is 0 Å². The first-order valence-electron chi connectivity index (χ1n) is 21.2. The number of ether oxygens (including phenoxy) is 2. The fourth-order valence-electron chi connectivity index (χ4n) is 5.51. The molecule has 326 valence electrons. The Bertz CT molecular complexity index is 1120. The van der Waals surface area contributed by atoms with E-state index in [9.17, 15) is 34.4 Å². The van der Waals surface area contributed by atoms with Crippen molar-refractivity contribution in [2.24, 2.45) is 5.92 Å². The summed E-state index contributed by atoms with van der Waals surface area (Å²) in [6.07, 6.45) is 30.1. The van der Waals surface area contributed by atoms with Crippen LogP contribution in [0.15, 0.2) is 48.6 Å². The maximum atomic E-state index is 12.6. The van der Waals surface area contributed by atoms with Gasteiger partial charge in [0.2, 0.25) is 0 Å². The minimum absolute atomic E-state index is 0.00712. The predicted molar refractivity (Wildman–Crippen MR) is 222 cm³/mol. The highest BCUT2D eigenvalue weighted by atomic mass is 31.2. The zero-order valence-corrected chi connectivity index (χ0v) is 35.6. The number of rotatable bonds is 38. The molecule has 0 radical (unpaired) electrons. The Labute approximate surface area is 338 Å². The highest BCUT2D eigenvalue weighted by Crippen LogP contribution is 2.43. The summed E-state index contributed by atoms with van der Waals surface area (Å²) in [6.45, 7) is 4.31. The van der Waals surface area contributed by atoms with Gasteiger partial charge in [-0.3, -0.25) is 18.6 Å². The Kier molecular flexibility index (Phi) is 35.7. The first kappa shape index (κ1) is 53.9. The number of hydrogen-bond donors (Lipinski definition) is 5. The minimum Gasteiger partial charge on any atom is -0.462 e. The van der Waals surface area contributed by atoms with Crippen molar-refractivity contribution in [1.82, 2.24) is 0 Å². The predicted octanol–water partition coefficient (Wildman–Crippen LogP) is 8.74. The van der Waals surface area contributed by atoms with Gasteiger partial charge >= 0.3 is 19.8 Å². The molecule has 0 heterocycles. The van der Waals surface area contributed by atoms with Crippen molar-refractivity contribution in [3.8, 4) is 0 Å². The second-order valence-electron chi connectivity index (χ2n) is 14.9. The number of phosphoric acid groups is 1. The molecule has 0 aliphatic rings. The summed E-state index contributed by atoms with van der Waals surface area (Å²) in [5.74, 6) is -0.372. The topological polar surface area (TPSA) is 189 Å². The molecule has 0 saturated carbocycles. The van der Waals surface area contributed by atoms with Crippen molar-refractivity contribution >= 4 is 19.8 Å². The molecule has 0 aliphatic carbocycles. The Morgan fingerprint density at radius 2 is 1.12 bits per heavy atom. The van der Waals surface area contributed by atoms with E-state index in [2.05, 4.69) is 25.3 Å². The maximum absolute atomic E-state index is 12.6. The largest absolute Gasteiger partial charge is 0.472 e. The van der Waals surface area contributed by atoms with Gasteiger partial charge in [0.1, 0.15) is 12.7 Å². The van der Waals surface area contributed by atoms with Gasteiger partial charge in [-0.25, -0.2) is 4.57 Å². The van der Waals surface area contributed by atoms with E-state index in [1.165, 1.54) is 51.4 Å². The second kappa shape index (κ2) is 37.1. The van der Waals surface area contributed by atoms with Crippen molar-refractivity contribution in [3.63, 3.8) is 0 Å². The molecule has 0 aromatic rings. The number of hydrogen-bond acceptors (Lipinski definition) is 11. The van der Waals surface area contributed by atoms with Crippen LogP contribution in [0.5, 0.6) is 0 Å². The van der Waals surface area contributed by atoms with Gasteiger partial charge in [0.05, 0.1) is 32.0 Å². The molecule has 0 amide bonds. The van der Waals surface area contributed by atoms with Crippen LogP contribution in [0.1, 0.15) is 156 Å². The van der Waals surface area contributed by atoms with Crippen LogP contribution in [0.25, 0.3) is 0 Å². The molecule has 5 atom stereocenters. The molecule has 5 N–H and O–H groups in total. The van der Waals surface area contributed by atoms with Crippen LogP contribution in [0.4, 0.5) is 0 Å². The summed E-state index contributed by atoms with van der Waals surface area (Å²) in [5.41, 5.74) is 0. The number of carbonyl (C=O) groups excluding carboxylic acids is 2. The summed E-state index contributed by atoms with van der Waals surface area (Å²) in [4.78, 5) is 35.0. The van der Waals surface area contributed by atoms with Gasteiger partial charge < -0.3 is 34.8 Å². The number of allylic oxidation sites excluding steroid dienone is 6. The van der Waals surface area contributed by atoms with Gasteiger partial charge in [-0.15, -0.1) is 0 Å². The molecule has 0 spiro atoms. The quantitative estimate of drug-likeness (QED) is 0.0173. The van der Waals surface area contributed by atoms with E-state index in [1.807, 2.05) is 30.4 Å². The van der Waals surface area contributed by atoms with E-state index in [0.717, 1.165) is 50.9 Å². The van der Waals surface area contributed by atoms with Crippen molar-refractivity contribution < 1.29 is 58.0 Å². The number of phosphoric ester groups is 1. The number of unbranched alkanes of at least 4 members (excludes halogenated alkanes) is 12. The number of carbonyl (C=O) groups is 2. The van der Waals surface area contributed by atoms with E-state index >= 15 is 0 Å². The first-order valence-corrected chi connectivity index (χ1v) is 22.7. The number of aliphatic hydroxyl groups excluding tert-OH is 4. The first-order chi connectivity index (χ1) is 26.9. The SMILES string of the molecule is CCCCC[C@H](O)/C=C/C=C\C/C=C\C=C\[C@H](O)CCCC(=O)OC[C@H](COP(=O)(O)OC[C@@H](O)CO)OC(=O)CCCCCCCCCCCCCC(C)C. The van der Waals surface area contributed by atoms with E-state index in [-0.39, 0.29) is 12.8 Å². The Hall–Kier alpha value is -2.15. The summed E-state index contributed by atoms with van der Waals surface area (Å²) in [7, 11) is -4.67. The number of aliphatic hydroxyl groups is 4. The number of esters is 2. The molecule has 0 aliphatic heterocycles. The summed E-state index contributed by atoms with van der Waals surface area (Å²) in [5, 5.41) is 38.4. The smallest absolute Gasteiger partial charge is 0.462 e. The Morgan fingerprint density at radius 3 is 1.68 bits per heavy atom. The molecule has 0 aromatic heterocycles. The molecule has 0 fully saturated rings. The highest BCUT2D eigenvalue weighted by molar-refractivity contribution is 7.47. The normalized spacial score (nSPS) is 15.6. The lowest BCUT2D eigenvalue weighted by atomic mass is 10.0. The van der Waals surface area contributed by atoms with Crippen LogP contribution in [0.3, 0.4) is 0 Å². The summed E-state index contributed by atoms with van der Waals surface area (Å²) < 4.78 is 32.5. The van der Waals surface area contributed by atoms with Crippen molar-refractivity contribution in [2.45, 2.75) is 180 Å². The van der Waals surface area contributed by atoms with Gasteiger partial charge in [-0.2, -0.15) is 0 Å². The molecule has 1 unspecified atom stereocenters. The van der Waals surface area contributed by atoms with Crippen LogP contribution in [-0.4, -0.2) is 88.1 Å². The fourth-order valence-corrected chi connectivity index (χ4v) is 6.30. The van der Waals surface area contributed by atoms with Gasteiger partial charge in [0, 0.05) is 12.8 Å². The monoisotopic (exact) mass is 817 g/mol. The molecular weight excluding hydrogens is 739 g/mol. The molecule has 0 saturated heterocycles. The molecule has 0 aromatic carbocycles. The summed E-state index contributed by atoms with van der Waals surface area (Å²) in [6, 6.07) is 0. The van der Waals surface area contributed by atoms with Crippen LogP contribution in [0, 0.1) is 5.92 Å². The van der Waals surface area contributed by atoms with Crippen LogP contribution in [0.2, 0.25) is 0 Å². The van der Waals surface area contributed by atoms with E-state index < -0.39 is 70.6 Å². The van der Waals surface area contributed by atoms with Gasteiger partial charge in [0.25, 0.3) is 0 Å². The van der Waals surface area contributed by atoms with E-state index in [0.29, 0.717) is 25.7 Å². The van der Waals surface area contributed by atoms with Crippen molar-refractivity contribution in [3.05, 3.63) is 48.6 Å². The Morgan fingerprint density at radius 1 is 0.625 bits per heavy atom. The third-order valence-electron chi connectivity index (χ3n) is 8.87. The molecule has 12 nitrogen and oxygen atoms in total. The van der Waals surface area contributed by atoms with Crippen LogP contribution >= 0.6 is 7.82 Å².